The highest BCUT2D eigenvalue weighted by Crippen LogP contribution is 2.68. The van der Waals surface area contributed by atoms with Crippen LogP contribution in [0.4, 0.5) is 0 Å². The number of rotatable bonds is 6. The molecule has 218 valence electrons. The molecular formula is C32H48O7. The first-order valence-corrected chi connectivity index (χ1v) is 15.0. The third-order valence-corrected chi connectivity index (χ3v) is 12.3. The van der Waals surface area contributed by atoms with E-state index in [1.807, 2.05) is 0 Å². The second-order valence-corrected chi connectivity index (χ2v) is 14.6. The first kappa shape index (κ1) is 28.8. The first-order valence-electron chi connectivity index (χ1n) is 15.0. The highest BCUT2D eigenvalue weighted by atomic mass is 16.6. The molecule has 0 spiro atoms. The van der Waals surface area contributed by atoms with E-state index in [2.05, 4.69) is 41.5 Å². The predicted octanol–water partition coefficient (Wildman–Crippen LogP) is 5.17. The maximum Gasteiger partial charge on any atom is 0.302 e. The third kappa shape index (κ3) is 4.50. The van der Waals surface area contributed by atoms with Crippen LogP contribution in [-0.2, 0) is 28.6 Å². The Balaban J connectivity index is 1.43. The van der Waals surface area contributed by atoms with Crippen LogP contribution in [0, 0.1) is 40.4 Å². The van der Waals surface area contributed by atoms with Gasteiger partial charge in [0.25, 0.3) is 0 Å². The van der Waals surface area contributed by atoms with E-state index in [9.17, 15) is 19.5 Å². The van der Waals surface area contributed by atoms with Crippen molar-refractivity contribution >= 4 is 17.7 Å². The molecule has 0 bridgehead atoms. The van der Waals surface area contributed by atoms with Gasteiger partial charge in [-0.1, -0.05) is 26.3 Å². The van der Waals surface area contributed by atoms with Gasteiger partial charge in [0.1, 0.15) is 12.2 Å². The highest BCUT2D eigenvalue weighted by Gasteiger charge is 2.66. The maximum atomic E-state index is 12.6. The number of carbonyl (C=O) groups excluding carboxylic acids is 3. The molecule has 3 saturated carbocycles. The van der Waals surface area contributed by atoms with Gasteiger partial charge in [-0.2, -0.15) is 0 Å². The zero-order valence-electron chi connectivity index (χ0n) is 25.0. The lowest BCUT2D eigenvalue weighted by Gasteiger charge is -2.61. The third-order valence-electron chi connectivity index (χ3n) is 12.3. The Morgan fingerprint density at radius 3 is 2.31 bits per heavy atom. The summed E-state index contributed by atoms with van der Waals surface area (Å²) in [7, 11) is 0. The standard InChI is InChI=1S/C32H48O7/c1-17(26(37-18(2)33)16-31(7)29(4,5)39-31)22-9-10-23-28-24(11-12-30(22,23)6)32(8)20(14-25(28)36)13-21(35)15-27(32)38-19(3)34/h13,17,22-28,36H,9-12,14-16H2,1-8H3. The van der Waals surface area contributed by atoms with Crippen LogP contribution in [0.15, 0.2) is 11.6 Å². The minimum atomic E-state index is -0.527. The molecule has 0 aromatic carbocycles. The minimum absolute atomic E-state index is 0.000212. The number of carbonyl (C=O) groups is 3. The molecule has 39 heavy (non-hydrogen) atoms. The number of ketones is 1. The smallest absolute Gasteiger partial charge is 0.302 e. The van der Waals surface area contributed by atoms with E-state index in [0.717, 1.165) is 31.3 Å². The van der Waals surface area contributed by atoms with Crippen LogP contribution in [0.1, 0.15) is 100 Å². The molecule has 5 aliphatic rings. The largest absolute Gasteiger partial charge is 0.462 e. The van der Waals surface area contributed by atoms with E-state index >= 15 is 0 Å². The second kappa shape index (κ2) is 9.40. The van der Waals surface area contributed by atoms with E-state index in [1.54, 1.807) is 6.08 Å². The van der Waals surface area contributed by atoms with Crippen LogP contribution in [0.3, 0.4) is 0 Å². The Kier molecular flexibility index (Phi) is 6.94. The fourth-order valence-electron chi connectivity index (χ4n) is 9.84. The molecule has 0 aromatic heterocycles. The first-order chi connectivity index (χ1) is 18.0. The van der Waals surface area contributed by atoms with Gasteiger partial charge in [-0.15, -0.1) is 0 Å². The van der Waals surface area contributed by atoms with E-state index in [0.29, 0.717) is 24.7 Å². The van der Waals surface area contributed by atoms with Crippen LogP contribution >= 0.6 is 0 Å². The lowest BCUT2D eigenvalue weighted by Crippen LogP contribution is -2.60. The molecule has 0 radical (unpaired) electrons. The molecular weight excluding hydrogens is 496 g/mol. The highest BCUT2D eigenvalue weighted by molar-refractivity contribution is 5.92. The monoisotopic (exact) mass is 544 g/mol. The van der Waals surface area contributed by atoms with Crippen molar-refractivity contribution in [2.75, 3.05) is 0 Å². The molecule has 1 heterocycles. The van der Waals surface area contributed by atoms with Crippen LogP contribution in [0.5, 0.6) is 0 Å². The molecule has 11 unspecified atom stereocenters. The number of fused-ring (bicyclic) bond motifs is 5. The second-order valence-electron chi connectivity index (χ2n) is 14.6. The Morgan fingerprint density at radius 1 is 1.05 bits per heavy atom. The van der Waals surface area contributed by atoms with Crippen molar-refractivity contribution in [1.82, 2.24) is 0 Å². The summed E-state index contributed by atoms with van der Waals surface area (Å²) < 4.78 is 17.8. The Hall–Kier alpha value is -1.73. The van der Waals surface area contributed by atoms with Gasteiger partial charge in [-0.25, -0.2) is 0 Å². The van der Waals surface area contributed by atoms with E-state index in [4.69, 9.17) is 14.2 Å². The summed E-state index contributed by atoms with van der Waals surface area (Å²) in [5.74, 6) is 0.401. The lowest BCUT2D eigenvalue weighted by molar-refractivity contribution is -0.173. The van der Waals surface area contributed by atoms with Crippen molar-refractivity contribution in [3.63, 3.8) is 0 Å². The van der Waals surface area contributed by atoms with E-state index in [-0.39, 0.29) is 64.6 Å². The summed E-state index contributed by atoms with van der Waals surface area (Å²) in [5.41, 5.74) is -0.0322. The summed E-state index contributed by atoms with van der Waals surface area (Å²) in [6, 6.07) is 0. The topological polar surface area (TPSA) is 102 Å². The molecule has 11 atom stereocenters. The maximum absolute atomic E-state index is 12.6. The molecule has 7 nitrogen and oxygen atoms in total. The van der Waals surface area contributed by atoms with Crippen LogP contribution in [0.2, 0.25) is 0 Å². The summed E-state index contributed by atoms with van der Waals surface area (Å²) in [6.07, 6.45) is 5.77. The zero-order chi connectivity index (χ0) is 28.7. The predicted molar refractivity (Wildman–Crippen MR) is 145 cm³/mol. The minimum Gasteiger partial charge on any atom is -0.462 e. The quantitative estimate of drug-likeness (QED) is 0.363. The molecule has 5 rings (SSSR count). The van der Waals surface area contributed by atoms with Crippen molar-refractivity contribution < 1.29 is 33.7 Å². The van der Waals surface area contributed by atoms with Crippen LogP contribution in [-0.4, -0.2) is 52.3 Å². The number of epoxide rings is 1. The fourth-order valence-corrected chi connectivity index (χ4v) is 9.84. The number of ether oxygens (including phenoxy) is 3. The Bertz CT molecular complexity index is 1080. The SMILES string of the molecule is CC(=O)OC(CC1(C)OC1(C)C)C(C)C1CCC2C3C(O)CC4=CC(=O)CC(OC(C)=O)C4(C)C3CCC12C. The van der Waals surface area contributed by atoms with E-state index in [1.165, 1.54) is 13.8 Å². The van der Waals surface area contributed by atoms with Gasteiger partial charge >= 0.3 is 11.9 Å². The fraction of sp³-hybridized carbons (Fsp3) is 0.844. The molecule has 0 aromatic rings. The number of aliphatic hydroxyl groups is 1. The van der Waals surface area contributed by atoms with Crippen molar-refractivity contribution in [1.29, 1.82) is 0 Å². The number of hydrogen-bond acceptors (Lipinski definition) is 7. The van der Waals surface area contributed by atoms with Crippen LogP contribution < -0.4 is 0 Å². The Labute approximate surface area is 233 Å². The summed E-state index contributed by atoms with van der Waals surface area (Å²) in [5, 5.41) is 11.6. The van der Waals surface area contributed by atoms with Crippen molar-refractivity contribution in [3.05, 3.63) is 11.6 Å². The van der Waals surface area contributed by atoms with Crippen LogP contribution in [0.25, 0.3) is 0 Å². The van der Waals surface area contributed by atoms with Gasteiger partial charge in [0.05, 0.1) is 17.3 Å². The average molecular weight is 545 g/mol. The summed E-state index contributed by atoms with van der Waals surface area (Å²) in [4.78, 5) is 36.8. The molecule has 1 N–H and O–H groups in total. The van der Waals surface area contributed by atoms with Crippen molar-refractivity contribution in [3.8, 4) is 0 Å². The van der Waals surface area contributed by atoms with Crippen molar-refractivity contribution in [2.24, 2.45) is 40.4 Å². The number of esters is 2. The normalized spacial score (nSPS) is 45.7. The zero-order valence-corrected chi connectivity index (χ0v) is 25.0. The molecule has 4 fully saturated rings. The molecule has 0 amide bonds. The van der Waals surface area contributed by atoms with Gasteiger partial charge in [-0.05, 0) is 94.0 Å². The van der Waals surface area contributed by atoms with E-state index < -0.39 is 17.6 Å². The molecule has 7 heteroatoms. The van der Waals surface area contributed by atoms with Gasteiger partial charge in [0.15, 0.2) is 5.78 Å². The number of hydrogen-bond donors (Lipinski definition) is 1. The summed E-state index contributed by atoms with van der Waals surface area (Å²) in [6.45, 7) is 16.0. The van der Waals surface area contributed by atoms with Gasteiger partial charge < -0.3 is 19.3 Å². The molecule has 4 aliphatic carbocycles. The summed E-state index contributed by atoms with van der Waals surface area (Å²) >= 11 is 0. The van der Waals surface area contributed by atoms with Gasteiger partial charge in [-0.3, -0.25) is 14.4 Å². The van der Waals surface area contributed by atoms with Crippen molar-refractivity contribution in [2.45, 2.75) is 130 Å². The molecule has 1 saturated heterocycles. The van der Waals surface area contributed by atoms with Gasteiger partial charge in [0.2, 0.25) is 0 Å². The average Bonchev–Trinajstić information content (AvgIpc) is 3.12. The Morgan fingerprint density at radius 2 is 1.72 bits per heavy atom. The number of aliphatic hydroxyl groups excluding tert-OH is 1. The lowest BCUT2D eigenvalue weighted by atomic mass is 9.45. The van der Waals surface area contributed by atoms with Gasteiger partial charge in [0, 0.05) is 32.1 Å². The molecule has 1 aliphatic heterocycles.